The first kappa shape index (κ1) is 19.0. The second kappa shape index (κ2) is 7.48. The smallest absolute Gasteiger partial charge is 0.232 e. The Bertz CT molecular complexity index is 923. The highest BCUT2D eigenvalue weighted by molar-refractivity contribution is 8.17. The van der Waals surface area contributed by atoms with E-state index in [0.717, 1.165) is 4.91 Å². The summed E-state index contributed by atoms with van der Waals surface area (Å²) in [5.41, 5.74) is 6.22. The summed E-state index contributed by atoms with van der Waals surface area (Å²) in [5, 5.41) is 0.381. The number of aliphatic imine (C=N–C) groups is 1. The van der Waals surface area contributed by atoms with Crippen molar-refractivity contribution in [3.05, 3.63) is 64.2 Å². The quantitative estimate of drug-likeness (QED) is 0.794. The molecule has 0 spiro atoms. The molecule has 2 N–H and O–H groups in total. The summed E-state index contributed by atoms with van der Waals surface area (Å²) >= 11 is 1.35. The van der Waals surface area contributed by atoms with E-state index in [1.165, 1.54) is 37.3 Å². The van der Waals surface area contributed by atoms with E-state index in [9.17, 15) is 9.18 Å². The summed E-state index contributed by atoms with van der Waals surface area (Å²) in [7, 11) is 1.47. The number of benzene rings is 1. The summed E-state index contributed by atoms with van der Waals surface area (Å²) in [6, 6.07) is 4.58. The standard InChI is InChI=1S/C19H19FN4O2S/c1-11-8-19(2,24-18(21)27-11)13-6-12(4-5-14(13)20)7-16(25)15-9-23-17(26-3)10-22-15/h4-6,8-10H,7H2,1-3H3,(H2,21,24)/t19-/m0/s1. The van der Waals surface area contributed by atoms with Crippen LogP contribution in [0.5, 0.6) is 5.88 Å². The molecule has 0 bridgehead atoms. The highest BCUT2D eigenvalue weighted by atomic mass is 32.2. The summed E-state index contributed by atoms with van der Waals surface area (Å²) in [4.78, 5) is 25.9. The minimum absolute atomic E-state index is 0.0704. The Morgan fingerprint density at radius 1 is 1.33 bits per heavy atom. The lowest BCUT2D eigenvalue weighted by molar-refractivity contribution is 0.0987. The average Bonchev–Trinajstić information content (AvgIpc) is 2.62. The maximum Gasteiger partial charge on any atom is 0.232 e. The number of carbonyl (C=O) groups is 1. The van der Waals surface area contributed by atoms with Crippen LogP contribution in [0.3, 0.4) is 0 Å². The van der Waals surface area contributed by atoms with E-state index in [-0.39, 0.29) is 17.9 Å². The average molecular weight is 386 g/mol. The lowest BCUT2D eigenvalue weighted by atomic mass is 9.89. The Labute approximate surface area is 160 Å². The van der Waals surface area contributed by atoms with E-state index in [4.69, 9.17) is 10.5 Å². The van der Waals surface area contributed by atoms with Crippen molar-refractivity contribution in [2.24, 2.45) is 10.7 Å². The molecule has 1 atom stereocenters. The van der Waals surface area contributed by atoms with Crippen molar-refractivity contribution >= 4 is 22.7 Å². The fourth-order valence-corrected chi connectivity index (χ4v) is 3.78. The zero-order valence-electron chi connectivity index (χ0n) is 15.2. The maximum atomic E-state index is 14.5. The van der Waals surface area contributed by atoms with Crippen LogP contribution in [0.1, 0.15) is 35.5 Å². The van der Waals surface area contributed by atoms with Gasteiger partial charge in [0.15, 0.2) is 11.0 Å². The molecule has 0 unspecified atom stereocenters. The lowest BCUT2D eigenvalue weighted by Crippen LogP contribution is -2.26. The zero-order chi connectivity index (χ0) is 19.6. The monoisotopic (exact) mass is 386 g/mol. The van der Waals surface area contributed by atoms with Gasteiger partial charge in [0, 0.05) is 12.0 Å². The molecular weight excluding hydrogens is 367 g/mol. The summed E-state index contributed by atoms with van der Waals surface area (Å²) in [5.74, 6) is -0.288. The molecule has 1 aromatic heterocycles. The number of halogens is 1. The zero-order valence-corrected chi connectivity index (χ0v) is 16.0. The fraction of sp³-hybridized carbons (Fsp3) is 0.263. The van der Waals surface area contributed by atoms with Crippen LogP contribution in [0.25, 0.3) is 0 Å². The van der Waals surface area contributed by atoms with Gasteiger partial charge < -0.3 is 10.5 Å². The topological polar surface area (TPSA) is 90.5 Å². The van der Waals surface area contributed by atoms with Gasteiger partial charge in [-0.3, -0.25) is 4.79 Å². The van der Waals surface area contributed by atoms with Gasteiger partial charge in [-0.25, -0.2) is 19.4 Å². The Kier molecular flexibility index (Phi) is 5.27. The molecular formula is C19H19FN4O2S. The molecule has 3 rings (SSSR count). The highest BCUT2D eigenvalue weighted by Gasteiger charge is 2.30. The van der Waals surface area contributed by atoms with Crippen LogP contribution < -0.4 is 10.5 Å². The second-order valence-electron chi connectivity index (χ2n) is 6.31. The minimum atomic E-state index is -0.914. The number of nitrogens with zero attached hydrogens (tertiary/aromatic N) is 3. The van der Waals surface area contributed by atoms with Crippen molar-refractivity contribution < 1.29 is 13.9 Å². The van der Waals surface area contributed by atoms with Gasteiger partial charge >= 0.3 is 0 Å². The van der Waals surface area contributed by atoms with Crippen molar-refractivity contribution in [1.82, 2.24) is 9.97 Å². The molecule has 140 valence electrons. The van der Waals surface area contributed by atoms with E-state index in [0.29, 0.717) is 22.2 Å². The number of ketones is 1. The van der Waals surface area contributed by atoms with Gasteiger partial charge in [0.2, 0.25) is 5.88 Å². The van der Waals surface area contributed by atoms with Gasteiger partial charge in [-0.1, -0.05) is 17.8 Å². The molecule has 0 aliphatic carbocycles. The lowest BCUT2D eigenvalue weighted by Gasteiger charge is -2.27. The van der Waals surface area contributed by atoms with Crippen molar-refractivity contribution in [1.29, 1.82) is 0 Å². The van der Waals surface area contributed by atoms with Crippen LogP contribution in [0.2, 0.25) is 0 Å². The minimum Gasteiger partial charge on any atom is -0.480 e. The number of carbonyl (C=O) groups excluding carboxylic acids is 1. The third-order valence-electron chi connectivity index (χ3n) is 4.16. The molecule has 6 nitrogen and oxygen atoms in total. The van der Waals surface area contributed by atoms with E-state index >= 15 is 0 Å². The number of Topliss-reactive ketones (excluding diaryl/α,β-unsaturated/α-hetero) is 1. The first-order valence-corrected chi connectivity index (χ1v) is 9.03. The molecule has 0 fully saturated rings. The Morgan fingerprint density at radius 2 is 2.11 bits per heavy atom. The molecule has 2 aromatic rings. The SMILES string of the molecule is COc1cnc(C(=O)Cc2ccc(F)c([C@]3(C)C=C(C)SC(N)=N3)c2)cn1. The Balaban J connectivity index is 1.89. The van der Waals surface area contributed by atoms with Crippen molar-refractivity contribution in [3.8, 4) is 5.88 Å². The number of aromatic nitrogens is 2. The number of hydrogen-bond donors (Lipinski definition) is 1. The van der Waals surface area contributed by atoms with Gasteiger partial charge in [0.25, 0.3) is 0 Å². The van der Waals surface area contributed by atoms with Crippen LogP contribution in [0.4, 0.5) is 4.39 Å². The van der Waals surface area contributed by atoms with Gasteiger partial charge in [-0.15, -0.1) is 0 Å². The third-order valence-corrected chi connectivity index (χ3v) is 4.90. The van der Waals surface area contributed by atoms with Crippen LogP contribution in [0, 0.1) is 5.82 Å². The summed E-state index contributed by atoms with van der Waals surface area (Å²) < 4.78 is 19.5. The Morgan fingerprint density at radius 3 is 2.74 bits per heavy atom. The number of nitrogens with two attached hydrogens (primary N) is 1. The molecule has 1 aliphatic heterocycles. The van der Waals surface area contributed by atoms with Crippen molar-refractivity contribution in [3.63, 3.8) is 0 Å². The maximum absolute atomic E-state index is 14.5. The number of rotatable bonds is 5. The fourth-order valence-electron chi connectivity index (χ4n) is 2.92. The van der Waals surface area contributed by atoms with Crippen LogP contribution in [-0.2, 0) is 12.0 Å². The number of ether oxygens (including phenoxy) is 1. The second-order valence-corrected chi connectivity index (χ2v) is 7.58. The predicted octanol–water partition coefficient (Wildman–Crippen LogP) is 3.23. The molecule has 0 radical (unpaired) electrons. The van der Waals surface area contributed by atoms with Gasteiger partial charge in [0.1, 0.15) is 17.1 Å². The van der Waals surface area contributed by atoms with Gasteiger partial charge in [0.05, 0.1) is 19.5 Å². The van der Waals surface area contributed by atoms with Crippen molar-refractivity contribution in [2.45, 2.75) is 25.8 Å². The molecule has 1 aromatic carbocycles. The van der Waals surface area contributed by atoms with Crippen LogP contribution in [-0.4, -0.2) is 28.0 Å². The molecule has 8 heteroatoms. The van der Waals surface area contributed by atoms with Gasteiger partial charge in [-0.05, 0) is 42.5 Å². The normalized spacial score (nSPS) is 19.3. The molecule has 1 aliphatic rings. The van der Waals surface area contributed by atoms with E-state index < -0.39 is 11.4 Å². The summed E-state index contributed by atoms with van der Waals surface area (Å²) in [6.45, 7) is 3.69. The van der Waals surface area contributed by atoms with E-state index in [1.54, 1.807) is 19.1 Å². The third kappa shape index (κ3) is 4.16. The predicted molar refractivity (Wildman–Crippen MR) is 103 cm³/mol. The number of thioether (sulfide) groups is 1. The largest absolute Gasteiger partial charge is 0.480 e. The molecule has 0 amide bonds. The van der Waals surface area contributed by atoms with Crippen LogP contribution in [0.15, 0.2) is 46.6 Å². The molecule has 2 heterocycles. The first-order valence-electron chi connectivity index (χ1n) is 8.21. The first-order chi connectivity index (χ1) is 12.8. The van der Waals surface area contributed by atoms with Crippen LogP contribution >= 0.6 is 11.8 Å². The molecule has 0 saturated heterocycles. The number of allylic oxidation sites excluding steroid dienone is 1. The number of amidine groups is 1. The van der Waals surface area contributed by atoms with E-state index in [1.807, 2.05) is 13.0 Å². The molecule has 27 heavy (non-hydrogen) atoms. The molecule has 0 saturated carbocycles. The highest BCUT2D eigenvalue weighted by Crippen LogP contribution is 2.37. The van der Waals surface area contributed by atoms with E-state index in [2.05, 4.69) is 15.0 Å². The van der Waals surface area contributed by atoms with Crippen molar-refractivity contribution in [2.75, 3.05) is 7.11 Å². The number of methoxy groups -OCH3 is 1. The summed E-state index contributed by atoms with van der Waals surface area (Å²) in [6.07, 6.45) is 4.69. The number of hydrogen-bond acceptors (Lipinski definition) is 7. The van der Waals surface area contributed by atoms with Gasteiger partial charge in [-0.2, -0.15) is 0 Å². The Hall–Kier alpha value is -2.74.